The number of hydrogen-bond donors (Lipinski definition) is 1. The van der Waals surface area contributed by atoms with Gasteiger partial charge in [0.2, 0.25) is 0 Å². The monoisotopic (exact) mass is 304 g/mol. The Bertz CT molecular complexity index is 534. The maximum atomic E-state index is 5.69. The first kappa shape index (κ1) is 15.9. The van der Waals surface area contributed by atoms with Crippen molar-refractivity contribution in [2.45, 2.75) is 19.9 Å². The lowest BCUT2D eigenvalue weighted by Crippen LogP contribution is -2.19. The van der Waals surface area contributed by atoms with E-state index in [1.807, 2.05) is 37.6 Å². The fourth-order valence-electron chi connectivity index (χ4n) is 1.91. The summed E-state index contributed by atoms with van der Waals surface area (Å²) in [7, 11) is 4.09. The Morgan fingerprint density at radius 2 is 1.76 bits per heavy atom. The van der Waals surface area contributed by atoms with Crippen LogP contribution in [-0.2, 0) is 13.0 Å². The Labute approximate surface area is 131 Å². The van der Waals surface area contributed by atoms with Crippen LogP contribution in [0.25, 0.3) is 0 Å². The molecule has 2 rings (SSSR count). The number of hydrogen-bond acceptors (Lipinski definition) is 4. The number of anilines is 1. The predicted molar refractivity (Wildman–Crippen MR) is 91.5 cm³/mol. The molecule has 0 radical (unpaired) electrons. The molecule has 2 aromatic rings. The molecule has 1 aromatic heterocycles. The summed E-state index contributed by atoms with van der Waals surface area (Å²) in [5, 5.41) is 3.45. The smallest absolute Gasteiger partial charge is 0.119 e. The highest BCUT2D eigenvalue weighted by atomic mass is 32.1. The summed E-state index contributed by atoms with van der Waals surface area (Å²) in [4.78, 5) is 4.93. The van der Waals surface area contributed by atoms with E-state index in [1.54, 1.807) is 0 Å². The summed E-state index contributed by atoms with van der Waals surface area (Å²) >= 11 is 1.88. The van der Waals surface area contributed by atoms with E-state index in [4.69, 9.17) is 4.74 Å². The molecule has 1 aromatic carbocycles. The largest absolute Gasteiger partial charge is 0.492 e. The van der Waals surface area contributed by atoms with Gasteiger partial charge in [-0.2, -0.15) is 0 Å². The molecule has 4 heteroatoms. The Kier molecular flexibility index (Phi) is 6.08. The minimum Gasteiger partial charge on any atom is -0.492 e. The number of rotatable bonds is 8. The molecule has 1 heterocycles. The molecule has 0 atom stereocenters. The Morgan fingerprint density at radius 3 is 2.38 bits per heavy atom. The van der Waals surface area contributed by atoms with Crippen LogP contribution in [0.2, 0.25) is 0 Å². The zero-order valence-corrected chi connectivity index (χ0v) is 13.9. The first-order chi connectivity index (χ1) is 10.2. The Hall–Kier alpha value is -1.52. The van der Waals surface area contributed by atoms with Gasteiger partial charge in [0, 0.05) is 28.5 Å². The normalized spacial score (nSPS) is 10.9. The second kappa shape index (κ2) is 8.05. The lowest BCUT2D eigenvalue weighted by atomic mass is 10.3. The second-order valence-electron chi connectivity index (χ2n) is 5.25. The third kappa shape index (κ3) is 5.40. The number of aryl methyl sites for hydroxylation is 1. The Balaban J connectivity index is 1.79. The van der Waals surface area contributed by atoms with E-state index in [9.17, 15) is 0 Å². The molecule has 114 valence electrons. The highest BCUT2D eigenvalue weighted by molar-refractivity contribution is 7.12. The van der Waals surface area contributed by atoms with Crippen molar-refractivity contribution in [3.63, 3.8) is 0 Å². The molecule has 0 fully saturated rings. The number of thiophene rings is 1. The summed E-state index contributed by atoms with van der Waals surface area (Å²) in [6.07, 6.45) is 1.11. The molecule has 1 N–H and O–H groups in total. The number of nitrogens with zero attached hydrogens (tertiary/aromatic N) is 1. The maximum Gasteiger partial charge on any atom is 0.119 e. The minimum atomic E-state index is 0.717. The fraction of sp³-hybridized carbons (Fsp3) is 0.412. The van der Waals surface area contributed by atoms with Gasteiger partial charge in [-0.25, -0.2) is 0 Å². The third-order valence-corrected chi connectivity index (χ3v) is 4.42. The average Bonchev–Trinajstić information content (AvgIpc) is 2.94. The third-order valence-electron chi connectivity index (χ3n) is 3.19. The minimum absolute atomic E-state index is 0.717. The Morgan fingerprint density at radius 1 is 1.05 bits per heavy atom. The van der Waals surface area contributed by atoms with Crippen molar-refractivity contribution >= 4 is 17.0 Å². The molecule has 0 amide bonds. The molecule has 21 heavy (non-hydrogen) atoms. The molecular weight excluding hydrogens is 280 g/mol. The van der Waals surface area contributed by atoms with E-state index >= 15 is 0 Å². The molecular formula is C17H24N2OS. The van der Waals surface area contributed by atoms with E-state index in [2.05, 4.69) is 41.4 Å². The van der Waals surface area contributed by atoms with Crippen LogP contribution in [0.15, 0.2) is 36.4 Å². The van der Waals surface area contributed by atoms with Gasteiger partial charge < -0.3 is 15.0 Å². The van der Waals surface area contributed by atoms with Gasteiger partial charge in [-0.1, -0.05) is 6.92 Å². The van der Waals surface area contributed by atoms with Gasteiger partial charge in [0.25, 0.3) is 0 Å². The number of ether oxygens (including phenoxy) is 1. The van der Waals surface area contributed by atoms with Crippen LogP contribution < -0.4 is 10.1 Å². The standard InChI is InChI=1S/C17H24N2OS/c1-4-16-9-10-17(21-16)13-18-14-5-7-15(8-6-14)20-12-11-19(2)3/h5-10,18H,4,11-13H2,1-3H3. The van der Waals surface area contributed by atoms with E-state index in [-0.39, 0.29) is 0 Å². The van der Waals surface area contributed by atoms with Crippen molar-refractivity contribution in [3.8, 4) is 5.75 Å². The van der Waals surface area contributed by atoms with Crippen LogP contribution in [0.1, 0.15) is 16.7 Å². The summed E-state index contributed by atoms with van der Waals surface area (Å²) in [6, 6.07) is 12.6. The van der Waals surface area contributed by atoms with Crippen molar-refractivity contribution in [2.24, 2.45) is 0 Å². The summed E-state index contributed by atoms with van der Waals surface area (Å²) < 4.78 is 5.69. The van der Waals surface area contributed by atoms with Crippen LogP contribution in [0, 0.1) is 0 Å². The predicted octanol–water partition coefficient (Wildman–Crippen LogP) is 3.86. The van der Waals surface area contributed by atoms with Gasteiger partial charge in [0.05, 0.1) is 0 Å². The first-order valence-electron chi connectivity index (χ1n) is 7.36. The summed E-state index contributed by atoms with van der Waals surface area (Å²) in [5.74, 6) is 0.923. The quantitative estimate of drug-likeness (QED) is 0.801. The van der Waals surface area contributed by atoms with Crippen LogP contribution in [-0.4, -0.2) is 32.1 Å². The topological polar surface area (TPSA) is 24.5 Å². The van der Waals surface area contributed by atoms with Gasteiger partial charge in [-0.05, 0) is 56.9 Å². The van der Waals surface area contributed by atoms with E-state index in [0.717, 1.165) is 37.6 Å². The van der Waals surface area contributed by atoms with E-state index in [0.29, 0.717) is 0 Å². The highest BCUT2D eigenvalue weighted by Gasteiger charge is 2.00. The van der Waals surface area contributed by atoms with Gasteiger partial charge in [-0.15, -0.1) is 11.3 Å². The fourth-order valence-corrected chi connectivity index (χ4v) is 2.81. The number of benzene rings is 1. The van der Waals surface area contributed by atoms with Gasteiger partial charge >= 0.3 is 0 Å². The van der Waals surface area contributed by atoms with Crippen LogP contribution >= 0.6 is 11.3 Å². The van der Waals surface area contributed by atoms with Crippen LogP contribution in [0.3, 0.4) is 0 Å². The highest BCUT2D eigenvalue weighted by Crippen LogP contribution is 2.20. The number of likely N-dealkylation sites (N-methyl/N-ethyl adjacent to an activating group) is 1. The molecule has 3 nitrogen and oxygen atoms in total. The number of nitrogens with one attached hydrogen (secondary N) is 1. The molecule has 0 aliphatic rings. The van der Waals surface area contributed by atoms with Crippen LogP contribution in [0.5, 0.6) is 5.75 Å². The van der Waals surface area contributed by atoms with Crippen molar-refractivity contribution < 1.29 is 4.74 Å². The SMILES string of the molecule is CCc1ccc(CNc2ccc(OCCN(C)C)cc2)s1. The summed E-state index contributed by atoms with van der Waals surface area (Å²) in [6.45, 7) is 4.72. The average molecular weight is 304 g/mol. The first-order valence-corrected chi connectivity index (χ1v) is 8.18. The van der Waals surface area contributed by atoms with Crippen molar-refractivity contribution in [2.75, 3.05) is 32.6 Å². The molecule has 0 saturated heterocycles. The maximum absolute atomic E-state index is 5.69. The summed E-state index contributed by atoms with van der Waals surface area (Å²) in [5.41, 5.74) is 1.13. The lowest BCUT2D eigenvalue weighted by molar-refractivity contribution is 0.261. The van der Waals surface area contributed by atoms with Crippen LogP contribution in [0.4, 0.5) is 5.69 Å². The second-order valence-corrected chi connectivity index (χ2v) is 6.50. The molecule has 0 aliphatic heterocycles. The van der Waals surface area contributed by atoms with Crippen molar-refractivity contribution in [1.29, 1.82) is 0 Å². The van der Waals surface area contributed by atoms with Gasteiger partial charge in [-0.3, -0.25) is 0 Å². The molecule has 0 unspecified atom stereocenters. The molecule has 0 aliphatic carbocycles. The zero-order valence-electron chi connectivity index (χ0n) is 13.1. The molecule has 0 bridgehead atoms. The van der Waals surface area contributed by atoms with Gasteiger partial charge in [0.1, 0.15) is 12.4 Å². The molecule has 0 saturated carbocycles. The lowest BCUT2D eigenvalue weighted by Gasteiger charge is -2.11. The van der Waals surface area contributed by atoms with E-state index < -0.39 is 0 Å². The van der Waals surface area contributed by atoms with Gasteiger partial charge in [0.15, 0.2) is 0 Å². The molecule has 0 spiro atoms. The van der Waals surface area contributed by atoms with Crippen molar-refractivity contribution in [1.82, 2.24) is 4.90 Å². The van der Waals surface area contributed by atoms with Crippen molar-refractivity contribution in [3.05, 3.63) is 46.2 Å². The van der Waals surface area contributed by atoms with E-state index in [1.165, 1.54) is 9.75 Å². The zero-order chi connectivity index (χ0) is 15.1.